The van der Waals surface area contributed by atoms with Crippen molar-refractivity contribution in [1.29, 1.82) is 5.26 Å². The average Bonchev–Trinajstić information content (AvgIpc) is 2.54. The first-order valence-electron chi connectivity index (χ1n) is 6.38. The number of rotatable bonds is 5. The molecule has 0 heterocycles. The molecule has 0 spiro atoms. The Hall–Kier alpha value is -2.64. The number of carbonyl (C=O) groups is 1. The van der Waals surface area contributed by atoms with E-state index in [-0.39, 0.29) is 23.0 Å². The van der Waals surface area contributed by atoms with Gasteiger partial charge in [0.25, 0.3) is 0 Å². The van der Waals surface area contributed by atoms with E-state index in [1.165, 1.54) is 18.2 Å². The minimum atomic E-state index is -0.572. The van der Waals surface area contributed by atoms with Crippen LogP contribution in [0, 0.1) is 17.1 Å². The molecule has 0 amide bonds. The van der Waals surface area contributed by atoms with Gasteiger partial charge in [0.05, 0.1) is 5.02 Å². The van der Waals surface area contributed by atoms with Gasteiger partial charge in [0.15, 0.2) is 12.4 Å². The van der Waals surface area contributed by atoms with Gasteiger partial charge in [-0.05, 0) is 36.4 Å². The van der Waals surface area contributed by atoms with Crippen LogP contribution in [0.2, 0.25) is 5.02 Å². The Morgan fingerprint density at radius 3 is 2.82 bits per heavy atom. The lowest BCUT2D eigenvalue weighted by molar-refractivity contribution is 0.104. The lowest BCUT2D eigenvalue weighted by atomic mass is 10.1. The first-order valence-corrected chi connectivity index (χ1v) is 6.76. The van der Waals surface area contributed by atoms with Gasteiger partial charge in [0.2, 0.25) is 0 Å². The van der Waals surface area contributed by atoms with Gasteiger partial charge in [-0.2, -0.15) is 5.26 Å². The molecular weight excluding hydrogens is 305 g/mol. The molecular formula is C17H11ClFNO2. The molecule has 22 heavy (non-hydrogen) atoms. The minimum absolute atomic E-state index is 0.0770. The summed E-state index contributed by atoms with van der Waals surface area (Å²) >= 11 is 5.66. The number of halogens is 2. The third-order valence-corrected chi connectivity index (χ3v) is 3.12. The van der Waals surface area contributed by atoms with Crippen molar-refractivity contribution in [3.05, 3.63) is 70.5 Å². The predicted molar refractivity (Wildman–Crippen MR) is 82.3 cm³/mol. The average molecular weight is 316 g/mol. The number of allylic oxidation sites excluding steroid dienone is 1. The van der Waals surface area contributed by atoms with E-state index >= 15 is 0 Å². The summed E-state index contributed by atoms with van der Waals surface area (Å²) in [6, 6.07) is 12.7. The normalized spacial score (nSPS) is 10.4. The standard InChI is InChI=1S/C17H11ClFNO2/c18-14-11-13(5-7-15(14)19)16(21)8-6-12-3-1-2-4-17(12)22-10-9-20/h1-8,11H,10H2/b8-6+. The van der Waals surface area contributed by atoms with Crippen molar-refractivity contribution in [3.63, 3.8) is 0 Å². The molecule has 5 heteroatoms. The van der Waals surface area contributed by atoms with Crippen molar-refractivity contribution < 1.29 is 13.9 Å². The van der Waals surface area contributed by atoms with Crippen LogP contribution >= 0.6 is 11.6 Å². The number of para-hydroxylation sites is 1. The fourth-order valence-electron chi connectivity index (χ4n) is 1.77. The number of hydrogen-bond acceptors (Lipinski definition) is 3. The number of ketones is 1. The van der Waals surface area contributed by atoms with Gasteiger partial charge in [-0.3, -0.25) is 4.79 Å². The monoisotopic (exact) mass is 315 g/mol. The zero-order valence-corrected chi connectivity index (χ0v) is 12.2. The fraction of sp³-hybridized carbons (Fsp3) is 0.0588. The van der Waals surface area contributed by atoms with Crippen LogP contribution in [0.3, 0.4) is 0 Å². The molecule has 0 bridgehead atoms. The Bertz CT molecular complexity index is 765. The second-order valence-electron chi connectivity index (χ2n) is 4.31. The molecule has 0 N–H and O–H groups in total. The Kier molecular flexibility index (Phi) is 5.29. The third-order valence-electron chi connectivity index (χ3n) is 2.83. The van der Waals surface area contributed by atoms with Gasteiger partial charge >= 0.3 is 0 Å². The van der Waals surface area contributed by atoms with Gasteiger partial charge in [0, 0.05) is 11.1 Å². The van der Waals surface area contributed by atoms with Crippen molar-refractivity contribution in [2.45, 2.75) is 0 Å². The summed E-state index contributed by atoms with van der Waals surface area (Å²) < 4.78 is 18.3. The first-order chi connectivity index (χ1) is 10.6. The maximum absolute atomic E-state index is 13.1. The molecule has 0 saturated carbocycles. The molecule has 110 valence electrons. The maximum atomic E-state index is 13.1. The number of nitrogens with zero attached hydrogens (tertiary/aromatic N) is 1. The SMILES string of the molecule is N#CCOc1ccccc1/C=C/C(=O)c1ccc(F)c(Cl)c1. The molecule has 0 aliphatic heterocycles. The van der Waals surface area contributed by atoms with Crippen LogP contribution in [0.1, 0.15) is 15.9 Å². The molecule has 0 aromatic heterocycles. The number of carbonyl (C=O) groups excluding carboxylic acids is 1. The summed E-state index contributed by atoms with van der Waals surface area (Å²) in [5.41, 5.74) is 0.956. The lowest BCUT2D eigenvalue weighted by Gasteiger charge is -2.05. The Balaban J connectivity index is 2.19. The third kappa shape index (κ3) is 3.94. The molecule has 0 fully saturated rings. The second kappa shape index (κ2) is 7.39. The van der Waals surface area contributed by atoms with E-state index in [9.17, 15) is 9.18 Å². The van der Waals surface area contributed by atoms with Crippen LogP contribution in [0.15, 0.2) is 48.5 Å². The molecule has 2 aromatic carbocycles. The van der Waals surface area contributed by atoms with Crippen LogP contribution < -0.4 is 4.74 Å². The van der Waals surface area contributed by atoms with Crippen molar-refractivity contribution in [1.82, 2.24) is 0 Å². The van der Waals surface area contributed by atoms with Gasteiger partial charge in [0.1, 0.15) is 17.6 Å². The van der Waals surface area contributed by atoms with Crippen LogP contribution in [-0.2, 0) is 0 Å². The van der Waals surface area contributed by atoms with E-state index in [1.807, 2.05) is 6.07 Å². The Morgan fingerprint density at radius 2 is 2.09 bits per heavy atom. The molecule has 0 radical (unpaired) electrons. The summed E-state index contributed by atoms with van der Waals surface area (Å²) in [6.07, 6.45) is 2.92. The number of hydrogen-bond donors (Lipinski definition) is 0. The van der Waals surface area contributed by atoms with Gasteiger partial charge in [-0.15, -0.1) is 0 Å². The van der Waals surface area contributed by atoms with Crippen LogP contribution in [0.25, 0.3) is 6.08 Å². The van der Waals surface area contributed by atoms with Crippen molar-refractivity contribution in [2.24, 2.45) is 0 Å². The minimum Gasteiger partial charge on any atom is -0.478 e. The zero-order chi connectivity index (χ0) is 15.9. The van der Waals surface area contributed by atoms with E-state index in [2.05, 4.69) is 0 Å². The molecule has 2 rings (SSSR count). The smallest absolute Gasteiger partial charge is 0.185 e. The molecule has 0 aliphatic rings. The van der Waals surface area contributed by atoms with E-state index < -0.39 is 5.82 Å². The number of nitriles is 1. The van der Waals surface area contributed by atoms with Crippen LogP contribution in [0.5, 0.6) is 5.75 Å². The highest BCUT2D eigenvalue weighted by Crippen LogP contribution is 2.20. The molecule has 0 atom stereocenters. The molecule has 0 aliphatic carbocycles. The highest BCUT2D eigenvalue weighted by molar-refractivity contribution is 6.31. The summed E-state index contributed by atoms with van der Waals surface area (Å²) in [7, 11) is 0. The van der Waals surface area contributed by atoms with E-state index in [0.29, 0.717) is 11.3 Å². The number of benzene rings is 2. The quantitative estimate of drug-likeness (QED) is 0.611. The maximum Gasteiger partial charge on any atom is 0.185 e. The molecule has 3 nitrogen and oxygen atoms in total. The van der Waals surface area contributed by atoms with Gasteiger partial charge in [-0.1, -0.05) is 29.8 Å². The van der Waals surface area contributed by atoms with E-state index in [1.54, 1.807) is 30.3 Å². The van der Waals surface area contributed by atoms with E-state index in [0.717, 1.165) is 6.07 Å². The van der Waals surface area contributed by atoms with Crippen molar-refractivity contribution >= 4 is 23.5 Å². The summed E-state index contributed by atoms with van der Waals surface area (Å²) in [4.78, 5) is 12.0. The van der Waals surface area contributed by atoms with Crippen molar-refractivity contribution in [2.75, 3.05) is 6.61 Å². The van der Waals surface area contributed by atoms with Gasteiger partial charge in [-0.25, -0.2) is 4.39 Å². The zero-order valence-electron chi connectivity index (χ0n) is 11.4. The largest absolute Gasteiger partial charge is 0.478 e. The molecule has 0 saturated heterocycles. The highest BCUT2D eigenvalue weighted by Gasteiger charge is 2.06. The van der Waals surface area contributed by atoms with Crippen molar-refractivity contribution in [3.8, 4) is 11.8 Å². The Labute approximate surface area is 132 Å². The highest BCUT2D eigenvalue weighted by atomic mass is 35.5. The van der Waals surface area contributed by atoms with Gasteiger partial charge < -0.3 is 4.74 Å². The Morgan fingerprint density at radius 1 is 1.32 bits per heavy atom. The summed E-state index contributed by atoms with van der Waals surface area (Å²) in [5, 5.41) is 8.44. The summed E-state index contributed by atoms with van der Waals surface area (Å²) in [5.74, 6) is -0.375. The predicted octanol–water partition coefficient (Wildman–Crippen LogP) is 4.28. The first kappa shape index (κ1) is 15.7. The summed E-state index contributed by atoms with van der Waals surface area (Å²) in [6.45, 7) is -0.0770. The van der Waals surface area contributed by atoms with Crippen LogP contribution in [0.4, 0.5) is 4.39 Å². The lowest BCUT2D eigenvalue weighted by Crippen LogP contribution is -1.97. The van der Waals surface area contributed by atoms with Crippen LogP contribution in [-0.4, -0.2) is 12.4 Å². The number of ether oxygens (including phenoxy) is 1. The topological polar surface area (TPSA) is 50.1 Å². The van der Waals surface area contributed by atoms with E-state index in [4.69, 9.17) is 21.6 Å². The second-order valence-corrected chi connectivity index (χ2v) is 4.72. The molecule has 0 unspecified atom stereocenters. The fourth-order valence-corrected chi connectivity index (χ4v) is 1.95. The molecule has 2 aromatic rings.